The van der Waals surface area contributed by atoms with Crippen molar-refractivity contribution in [2.24, 2.45) is 0 Å². The van der Waals surface area contributed by atoms with Gasteiger partial charge in [0, 0.05) is 5.15 Å². The standard InChI is InChI=1S/C9H10F8O.CF4.F2O/c10-5-3-1-2-4-6-18-9(16,17)7(11,12)8(13,14)15;2-1(3,4)5;1-3-2/h2,4H,1,3,5-6H2;;/b4-2+;;. The van der Waals surface area contributed by atoms with E-state index in [4.69, 9.17) is 9.05 Å². The second-order valence-electron chi connectivity index (χ2n) is 3.69. The zero-order valence-corrected chi connectivity index (χ0v) is 12.1. The SMILES string of the molecule is FC(F)(F)F.FCCC/C=C/COC(F)(F)C(F)(F)C(F)(F)F.FOF. The van der Waals surface area contributed by atoms with Crippen molar-refractivity contribution in [2.45, 2.75) is 37.5 Å². The molecular weight excluding hydrogens is 418 g/mol. The average molecular weight is 428 g/mol. The molecule has 0 radical (unpaired) electrons. The van der Waals surface area contributed by atoms with Crippen molar-refractivity contribution >= 4 is 0 Å². The molecule has 0 bridgehead atoms. The predicted octanol–water partition coefficient (Wildman–Crippen LogP) is 6.35. The molecule has 0 unspecified atom stereocenters. The van der Waals surface area contributed by atoms with Crippen molar-refractivity contribution in [3.8, 4) is 0 Å². The summed E-state index contributed by atoms with van der Waals surface area (Å²) in [6.07, 6.45) is -15.4. The summed E-state index contributed by atoms with van der Waals surface area (Å²) in [6, 6.07) is 0. The number of ether oxygens (including phenoxy) is 1. The van der Waals surface area contributed by atoms with Crippen LogP contribution in [0.4, 0.5) is 61.7 Å². The van der Waals surface area contributed by atoms with Gasteiger partial charge in [-0.05, 0) is 21.9 Å². The van der Waals surface area contributed by atoms with Gasteiger partial charge in [-0.3, -0.25) is 4.39 Å². The van der Waals surface area contributed by atoms with E-state index in [0.717, 1.165) is 12.2 Å². The Hall–Kier alpha value is -1.32. The molecule has 0 N–H and O–H groups in total. The molecule has 26 heavy (non-hydrogen) atoms. The molecule has 16 heteroatoms. The summed E-state index contributed by atoms with van der Waals surface area (Å²) in [4.78, 5) is 0. The minimum Gasteiger partial charge on any atom is -0.311 e. The van der Waals surface area contributed by atoms with E-state index in [-0.39, 0.29) is 12.8 Å². The van der Waals surface area contributed by atoms with Crippen LogP contribution >= 0.6 is 0 Å². The van der Waals surface area contributed by atoms with Gasteiger partial charge in [0.15, 0.2) is 0 Å². The molecule has 0 aliphatic carbocycles. The highest BCUT2D eigenvalue weighted by Crippen LogP contribution is 2.46. The molecule has 0 aromatic rings. The Kier molecular flexibility index (Phi) is 14.7. The molecule has 0 aromatic carbocycles. The number of halogens is 14. The summed E-state index contributed by atoms with van der Waals surface area (Å²) >= 11 is 0. The Morgan fingerprint density at radius 1 is 0.731 bits per heavy atom. The lowest BCUT2D eigenvalue weighted by Crippen LogP contribution is -2.53. The van der Waals surface area contributed by atoms with Gasteiger partial charge in [0.25, 0.3) is 0 Å². The largest absolute Gasteiger partial charge is 0.559 e. The molecule has 0 aromatic heterocycles. The minimum atomic E-state index is -6.41. The predicted molar refractivity (Wildman–Crippen MR) is 56.7 cm³/mol. The summed E-state index contributed by atoms with van der Waals surface area (Å²) in [6.45, 7) is -1.79. The van der Waals surface area contributed by atoms with Gasteiger partial charge >= 0.3 is 24.6 Å². The highest BCUT2D eigenvalue weighted by molar-refractivity contribution is 4.87. The van der Waals surface area contributed by atoms with E-state index in [1.165, 1.54) is 5.15 Å². The van der Waals surface area contributed by atoms with Gasteiger partial charge in [0.2, 0.25) is 0 Å². The smallest absolute Gasteiger partial charge is 0.311 e. The summed E-state index contributed by atoms with van der Waals surface area (Å²) < 4.78 is 156. The van der Waals surface area contributed by atoms with E-state index in [0.29, 0.717) is 0 Å². The monoisotopic (exact) mass is 428 g/mol. The summed E-state index contributed by atoms with van der Waals surface area (Å²) in [7, 11) is 0. The number of allylic oxidation sites excluding steroid dienone is 1. The van der Waals surface area contributed by atoms with Gasteiger partial charge < -0.3 is 4.74 Å². The Bertz CT molecular complexity index is 356. The van der Waals surface area contributed by atoms with E-state index in [1.54, 1.807) is 0 Å². The van der Waals surface area contributed by atoms with Crippen molar-refractivity contribution in [1.29, 1.82) is 0 Å². The fraction of sp³-hybridized carbons (Fsp3) is 0.800. The lowest BCUT2D eigenvalue weighted by atomic mass is 10.3. The lowest BCUT2D eigenvalue weighted by Gasteiger charge is -2.27. The van der Waals surface area contributed by atoms with Crippen LogP contribution in [0.2, 0.25) is 0 Å². The molecular formula is C10H10F14O2. The Labute approximate surface area is 136 Å². The third-order valence-corrected chi connectivity index (χ3v) is 1.75. The highest BCUT2D eigenvalue weighted by Gasteiger charge is 2.74. The molecule has 0 spiro atoms. The van der Waals surface area contributed by atoms with Crippen LogP contribution in [0.5, 0.6) is 0 Å². The van der Waals surface area contributed by atoms with Gasteiger partial charge in [-0.25, -0.2) is 0 Å². The molecule has 0 rings (SSSR count). The molecule has 0 saturated heterocycles. The quantitative estimate of drug-likeness (QED) is 0.268. The van der Waals surface area contributed by atoms with E-state index < -0.39 is 37.9 Å². The number of hydrogen-bond donors (Lipinski definition) is 0. The van der Waals surface area contributed by atoms with Gasteiger partial charge in [-0.15, -0.1) is 17.6 Å². The zero-order valence-electron chi connectivity index (χ0n) is 12.1. The first-order valence-corrected chi connectivity index (χ1v) is 5.80. The van der Waals surface area contributed by atoms with Gasteiger partial charge in [0.05, 0.1) is 13.3 Å². The molecule has 0 amide bonds. The third-order valence-electron chi connectivity index (χ3n) is 1.75. The molecule has 0 fully saturated rings. The van der Waals surface area contributed by atoms with Crippen LogP contribution in [0, 0.1) is 0 Å². The van der Waals surface area contributed by atoms with E-state index in [9.17, 15) is 52.7 Å². The first kappa shape index (κ1) is 29.4. The van der Waals surface area contributed by atoms with E-state index >= 15 is 0 Å². The second-order valence-corrected chi connectivity index (χ2v) is 3.69. The van der Waals surface area contributed by atoms with Crippen molar-refractivity contribution < 1.29 is 71.6 Å². The molecule has 2 nitrogen and oxygen atoms in total. The average Bonchev–Trinajstić information content (AvgIpc) is 2.40. The van der Waals surface area contributed by atoms with Crippen LogP contribution in [0.25, 0.3) is 0 Å². The molecule has 0 heterocycles. The normalized spacial score (nSPS) is 13.0. The topological polar surface area (TPSA) is 18.5 Å². The summed E-state index contributed by atoms with van der Waals surface area (Å²) in [5, 5.41) is 1.25. The third kappa shape index (κ3) is 16.2. The van der Waals surface area contributed by atoms with Crippen molar-refractivity contribution in [3.63, 3.8) is 0 Å². The van der Waals surface area contributed by atoms with Crippen LogP contribution in [0.3, 0.4) is 0 Å². The number of rotatable bonds is 7. The summed E-state index contributed by atoms with van der Waals surface area (Å²) in [5.41, 5.74) is 0. The number of hydrogen-bond acceptors (Lipinski definition) is 2. The minimum absolute atomic E-state index is 0.0889. The van der Waals surface area contributed by atoms with Crippen molar-refractivity contribution in [1.82, 2.24) is 0 Å². The van der Waals surface area contributed by atoms with Gasteiger partial charge in [-0.1, -0.05) is 12.2 Å². The molecule has 0 saturated carbocycles. The van der Waals surface area contributed by atoms with Gasteiger partial charge in [0.1, 0.15) is 0 Å². The zero-order chi connectivity index (χ0) is 21.7. The maximum absolute atomic E-state index is 12.5. The van der Waals surface area contributed by atoms with Crippen LogP contribution in [0.1, 0.15) is 12.8 Å². The van der Waals surface area contributed by atoms with Crippen molar-refractivity contribution in [3.05, 3.63) is 12.2 Å². The van der Waals surface area contributed by atoms with Crippen LogP contribution < -0.4 is 0 Å². The Morgan fingerprint density at radius 2 is 1.12 bits per heavy atom. The van der Waals surface area contributed by atoms with Crippen LogP contribution in [-0.2, 0) is 9.88 Å². The van der Waals surface area contributed by atoms with Crippen molar-refractivity contribution in [2.75, 3.05) is 13.3 Å². The van der Waals surface area contributed by atoms with E-state index in [1.807, 2.05) is 0 Å². The highest BCUT2D eigenvalue weighted by atomic mass is 19.6. The number of alkyl halides is 12. The summed E-state index contributed by atoms with van der Waals surface area (Å²) in [5.74, 6) is -6.27. The second kappa shape index (κ2) is 12.9. The first-order valence-electron chi connectivity index (χ1n) is 5.80. The lowest BCUT2D eigenvalue weighted by molar-refractivity contribution is -0.421. The Balaban J connectivity index is -0.000000553. The fourth-order valence-corrected chi connectivity index (χ4v) is 0.789. The van der Waals surface area contributed by atoms with E-state index in [2.05, 4.69) is 4.74 Å². The fourth-order valence-electron chi connectivity index (χ4n) is 0.789. The molecule has 0 aliphatic rings. The molecule has 0 atom stereocenters. The Morgan fingerprint density at radius 3 is 1.42 bits per heavy atom. The first-order chi connectivity index (χ1) is 11.5. The van der Waals surface area contributed by atoms with Crippen LogP contribution in [-0.4, -0.2) is 37.9 Å². The molecule has 0 aliphatic heterocycles. The van der Waals surface area contributed by atoms with Gasteiger partial charge in [-0.2, -0.15) is 30.7 Å². The van der Waals surface area contributed by atoms with Crippen LogP contribution in [0.15, 0.2) is 12.2 Å². The number of unbranched alkanes of at least 4 members (excludes halogenated alkanes) is 1. The molecule has 160 valence electrons. The maximum Gasteiger partial charge on any atom is 0.559 e. The maximum atomic E-state index is 12.5.